The maximum Gasteiger partial charge on any atom is 0.191 e. The first-order valence-corrected chi connectivity index (χ1v) is 7.66. The number of aliphatic imine (C=N–C) groups is 1. The van der Waals surface area contributed by atoms with Crippen molar-refractivity contribution in [1.82, 2.24) is 20.4 Å². The largest absolute Gasteiger partial charge is 0.357 e. The molecule has 6 heteroatoms. The smallest absolute Gasteiger partial charge is 0.191 e. The minimum Gasteiger partial charge on any atom is -0.357 e. The van der Waals surface area contributed by atoms with E-state index in [9.17, 15) is 0 Å². The lowest BCUT2D eigenvalue weighted by molar-refractivity contribution is 0.122. The third-order valence-corrected chi connectivity index (χ3v) is 3.94. The first-order chi connectivity index (χ1) is 9.19. The maximum atomic E-state index is 4.73. The Morgan fingerprint density at radius 2 is 1.90 bits per heavy atom. The zero-order valence-electron chi connectivity index (χ0n) is 13.1. The summed E-state index contributed by atoms with van der Waals surface area (Å²) in [7, 11) is 2.20. The Bertz CT molecular complexity index is 298. The molecule has 0 bridgehead atoms. The fraction of sp³-hybridized carbons (Fsp3) is 0.929. The van der Waals surface area contributed by atoms with Crippen LogP contribution < -0.4 is 10.6 Å². The molecular weight excluding hydrogens is 365 g/mol. The number of piperazine rings is 1. The van der Waals surface area contributed by atoms with Crippen LogP contribution in [0.2, 0.25) is 0 Å². The number of nitrogens with zero attached hydrogens (tertiary/aromatic N) is 3. The molecule has 2 N–H and O–H groups in total. The average molecular weight is 395 g/mol. The number of halogens is 1. The van der Waals surface area contributed by atoms with Crippen LogP contribution in [0.25, 0.3) is 0 Å². The molecule has 1 unspecified atom stereocenters. The molecule has 118 valence electrons. The second kappa shape index (κ2) is 9.04. The number of rotatable bonds is 5. The summed E-state index contributed by atoms with van der Waals surface area (Å²) in [5, 5.41) is 6.80. The Labute approximate surface area is 140 Å². The topological polar surface area (TPSA) is 42.9 Å². The van der Waals surface area contributed by atoms with E-state index >= 15 is 0 Å². The van der Waals surface area contributed by atoms with Crippen molar-refractivity contribution < 1.29 is 0 Å². The van der Waals surface area contributed by atoms with Gasteiger partial charge < -0.3 is 15.5 Å². The van der Waals surface area contributed by atoms with Gasteiger partial charge in [0.25, 0.3) is 0 Å². The Balaban J connectivity index is 0.00000200. The van der Waals surface area contributed by atoms with Crippen molar-refractivity contribution in [2.24, 2.45) is 4.99 Å². The van der Waals surface area contributed by atoms with Crippen LogP contribution in [0.15, 0.2) is 4.99 Å². The van der Waals surface area contributed by atoms with E-state index < -0.39 is 0 Å². The van der Waals surface area contributed by atoms with E-state index in [1.807, 2.05) is 0 Å². The highest BCUT2D eigenvalue weighted by Crippen LogP contribution is 2.18. The molecule has 0 aromatic heterocycles. The molecule has 0 radical (unpaired) electrons. The zero-order chi connectivity index (χ0) is 13.7. The Kier molecular flexibility index (Phi) is 8.13. The lowest BCUT2D eigenvalue weighted by Crippen LogP contribution is -2.49. The molecule has 1 heterocycles. The average Bonchev–Trinajstić information content (AvgIpc) is 3.21. The van der Waals surface area contributed by atoms with Gasteiger partial charge in [-0.05, 0) is 33.7 Å². The predicted molar refractivity (Wildman–Crippen MR) is 96.1 cm³/mol. The van der Waals surface area contributed by atoms with E-state index in [1.165, 1.54) is 39.0 Å². The molecule has 20 heavy (non-hydrogen) atoms. The van der Waals surface area contributed by atoms with E-state index in [0.29, 0.717) is 12.1 Å². The number of likely N-dealkylation sites (N-methyl/N-ethyl adjacent to an activating group) is 1. The standard InChI is InChI=1S/C14H29N5.HI/c1-4-15-14(17-13-5-6-13)16-11-12(2)19-9-7-18(3)8-10-19;/h12-13H,4-11H2,1-3H3,(H2,15,16,17);1H. The van der Waals surface area contributed by atoms with Crippen LogP contribution in [0.5, 0.6) is 0 Å². The summed E-state index contributed by atoms with van der Waals surface area (Å²) in [6, 6.07) is 1.19. The molecule has 2 aliphatic rings. The maximum absolute atomic E-state index is 4.73. The summed E-state index contributed by atoms with van der Waals surface area (Å²) < 4.78 is 0. The van der Waals surface area contributed by atoms with Gasteiger partial charge in [-0.1, -0.05) is 0 Å². The van der Waals surface area contributed by atoms with Gasteiger partial charge in [-0.3, -0.25) is 9.89 Å². The van der Waals surface area contributed by atoms with Crippen LogP contribution in [-0.4, -0.2) is 74.2 Å². The molecule has 0 aromatic rings. The van der Waals surface area contributed by atoms with Crippen LogP contribution in [0.3, 0.4) is 0 Å². The number of nitrogens with one attached hydrogen (secondary N) is 2. The van der Waals surface area contributed by atoms with Gasteiger partial charge in [0.05, 0.1) is 6.54 Å². The Morgan fingerprint density at radius 3 is 2.45 bits per heavy atom. The van der Waals surface area contributed by atoms with Gasteiger partial charge in [-0.15, -0.1) is 24.0 Å². The summed E-state index contributed by atoms with van der Waals surface area (Å²) >= 11 is 0. The summed E-state index contributed by atoms with van der Waals surface area (Å²) in [5.41, 5.74) is 0. The first-order valence-electron chi connectivity index (χ1n) is 7.66. The van der Waals surface area contributed by atoms with E-state index in [2.05, 4.69) is 41.3 Å². The third-order valence-electron chi connectivity index (χ3n) is 3.94. The van der Waals surface area contributed by atoms with Crippen molar-refractivity contribution in [2.75, 3.05) is 46.3 Å². The summed E-state index contributed by atoms with van der Waals surface area (Å²) in [4.78, 5) is 9.67. The summed E-state index contributed by atoms with van der Waals surface area (Å²) in [5.74, 6) is 0.992. The van der Waals surface area contributed by atoms with Crippen molar-refractivity contribution in [3.63, 3.8) is 0 Å². The molecular formula is C14H30IN5. The molecule has 0 amide bonds. The second-order valence-corrected chi connectivity index (χ2v) is 5.83. The normalized spacial score (nSPS) is 23.1. The number of guanidine groups is 1. The SMILES string of the molecule is CCNC(=NCC(C)N1CCN(C)CC1)NC1CC1.I. The van der Waals surface area contributed by atoms with Gasteiger partial charge in [0.2, 0.25) is 0 Å². The number of hydrogen-bond donors (Lipinski definition) is 2. The molecule has 0 spiro atoms. The van der Waals surface area contributed by atoms with Gasteiger partial charge in [-0.2, -0.15) is 0 Å². The highest BCUT2D eigenvalue weighted by molar-refractivity contribution is 14.0. The fourth-order valence-electron chi connectivity index (χ4n) is 2.34. The lowest BCUT2D eigenvalue weighted by atomic mass is 10.2. The molecule has 1 aliphatic carbocycles. The van der Waals surface area contributed by atoms with Crippen LogP contribution >= 0.6 is 24.0 Å². The zero-order valence-corrected chi connectivity index (χ0v) is 15.4. The quantitative estimate of drug-likeness (QED) is 0.414. The van der Waals surface area contributed by atoms with Crippen LogP contribution in [0.1, 0.15) is 26.7 Å². The Hall–Kier alpha value is -0.0800. The molecule has 1 saturated heterocycles. The van der Waals surface area contributed by atoms with Crippen molar-refractivity contribution in [1.29, 1.82) is 0 Å². The van der Waals surface area contributed by atoms with Crippen molar-refractivity contribution in [2.45, 2.75) is 38.8 Å². The highest BCUT2D eigenvalue weighted by Gasteiger charge is 2.23. The minimum absolute atomic E-state index is 0. The van der Waals surface area contributed by atoms with Crippen LogP contribution in [-0.2, 0) is 0 Å². The lowest BCUT2D eigenvalue weighted by Gasteiger charge is -2.35. The van der Waals surface area contributed by atoms with Crippen molar-refractivity contribution in [3.8, 4) is 0 Å². The molecule has 5 nitrogen and oxygen atoms in total. The fourth-order valence-corrected chi connectivity index (χ4v) is 2.34. The van der Waals surface area contributed by atoms with E-state index in [4.69, 9.17) is 4.99 Å². The molecule has 2 rings (SSSR count). The second-order valence-electron chi connectivity index (χ2n) is 5.83. The van der Waals surface area contributed by atoms with Gasteiger partial charge in [0.1, 0.15) is 0 Å². The third kappa shape index (κ3) is 6.13. The van der Waals surface area contributed by atoms with Crippen LogP contribution in [0, 0.1) is 0 Å². The van der Waals surface area contributed by atoms with Gasteiger partial charge in [0, 0.05) is 44.8 Å². The van der Waals surface area contributed by atoms with E-state index in [1.54, 1.807) is 0 Å². The predicted octanol–water partition coefficient (Wildman–Crippen LogP) is 0.958. The van der Waals surface area contributed by atoms with Gasteiger partial charge >= 0.3 is 0 Å². The Morgan fingerprint density at radius 1 is 1.25 bits per heavy atom. The van der Waals surface area contributed by atoms with Crippen molar-refractivity contribution in [3.05, 3.63) is 0 Å². The number of hydrogen-bond acceptors (Lipinski definition) is 3. The van der Waals surface area contributed by atoms with E-state index in [0.717, 1.165) is 19.0 Å². The highest BCUT2D eigenvalue weighted by atomic mass is 127. The van der Waals surface area contributed by atoms with Gasteiger partial charge in [0.15, 0.2) is 5.96 Å². The first kappa shape index (κ1) is 18.0. The van der Waals surface area contributed by atoms with Crippen LogP contribution in [0.4, 0.5) is 0 Å². The minimum atomic E-state index is 0. The molecule has 2 fully saturated rings. The monoisotopic (exact) mass is 395 g/mol. The molecule has 1 atom stereocenters. The van der Waals surface area contributed by atoms with Crippen molar-refractivity contribution >= 4 is 29.9 Å². The van der Waals surface area contributed by atoms with E-state index in [-0.39, 0.29) is 24.0 Å². The van der Waals surface area contributed by atoms with Gasteiger partial charge in [-0.25, -0.2) is 0 Å². The molecule has 1 aliphatic heterocycles. The molecule has 0 aromatic carbocycles. The summed E-state index contributed by atoms with van der Waals surface area (Å²) in [6.45, 7) is 10.9. The molecule has 1 saturated carbocycles. The summed E-state index contributed by atoms with van der Waals surface area (Å²) in [6.07, 6.45) is 2.58.